The number of benzene rings is 1. The summed E-state index contributed by atoms with van der Waals surface area (Å²) in [6, 6.07) is 9.50. The van der Waals surface area contributed by atoms with Gasteiger partial charge in [-0.05, 0) is 32.1 Å². The molecular weight excluding hydrogens is 274 g/mol. The third-order valence-corrected chi connectivity index (χ3v) is 4.85. The lowest BCUT2D eigenvalue weighted by molar-refractivity contribution is -0.137. The van der Waals surface area contributed by atoms with Crippen LogP contribution in [0.1, 0.15) is 42.5 Å². The molecule has 3 nitrogen and oxygen atoms in total. The molecule has 0 spiro atoms. The highest BCUT2D eigenvalue weighted by atomic mass is 16.2. The van der Waals surface area contributed by atoms with Gasteiger partial charge in [-0.1, -0.05) is 42.5 Å². The van der Waals surface area contributed by atoms with Gasteiger partial charge in [0.1, 0.15) is 0 Å². The molecule has 0 radical (unpaired) electrons. The van der Waals surface area contributed by atoms with E-state index in [1.165, 1.54) is 0 Å². The zero-order chi connectivity index (χ0) is 15.4. The van der Waals surface area contributed by atoms with Crippen molar-refractivity contribution in [2.24, 2.45) is 11.8 Å². The SMILES string of the molecule is O=C(c1ccccc1)C1CCN(C(=O)[C@H]2CC=CCC2)CC1. The van der Waals surface area contributed by atoms with E-state index in [1.54, 1.807) is 0 Å². The number of ketones is 1. The van der Waals surface area contributed by atoms with Gasteiger partial charge in [0.05, 0.1) is 0 Å². The molecule has 1 aromatic carbocycles. The summed E-state index contributed by atoms with van der Waals surface area (Å²) in [5.41, 5.74) is 0.796. The summed E-state index contributed by atoms with van der Waals surface area (Å²) in [7, 11) is 0. The maximum absolute atomic E-state index is 12.5. The van der Waals surface area contributed by atoms with Crippen LogP contribution in [0, 0.1) is 11.8 Å². The van der Waals surface area contributed by atoms with E-state index < -0.39 is 0 Å². The van der Waals surface area contributed by atoms with Crippen LogP contribution in [0.3, 0.4) is 0 Å². The molecule has 0 aromatic heterocycles. The van der Waals surface area contributed by atoms with Crippen LogP contribution in [-0.4, -0.2) is 29.7 Å². The third-order valence-electron chi connectivity index (χ3n) is 4.85. The molecule has 3 heteroatoms. The van der Waals surface area contributed by atoms with Crippen molar-refractivity contribution < 1.29 is 9.59 Å². The van der Waals surface area contributed by atoms with Crippen molar-refractivity contribution in [3.63, 3.8) is 0 Å². The van der Waals surface area contributed by atoms with Crippen LogP contribution in [0.25, 0.3) is 0 Å². The minimum Gasteiger partial charge on any atom is -0.342 e. The normalized spacial score (nSPS) is 22.5. The van der Waals surface area contributed by atoms with Crippen molar-refractivity contribution in [3.05, 3.63) is 48.0 Å². The van der Waals surface area contributed by atoms with Gasteiger partial charge in [0, 0.05) is 30.5 Å². The van der Waals surface area contributed by atoms with Gasteiger partial charge in [-0.25, -0.2) is 0 Å². The lowest BCUT2D eigenvalue weighted by atomic mass is 9.87. The quantitative estimate of drug-likeness (QED) is 0.633. The van der Waals surface area contributed by atoms with E-state index >= 15 is 0 Å². The Hall–Kier alpha value is -1.90. The van der Waals surface area contributed by atoms with E-state index in [1.807, 2.05) is 35.2 Å². The van der Waals surface area contributed by atoms with Crippen molar-refractivity contribution in [3.8, 4) is 0 Å². The topological polar surface area (TPSA) is 37.4 Å². The van der Waals surface area contributed by atoms with Crippen molar-refractivity contribution in [1.29, 1.82) is 0 Å². The summed E-state index contributed by atoms with van der Waals surface area (Å²) < 4.78 is 0. The first-order valence-corrected chi connectivity index (χ1v) is 8.29. The summed E-state index contributed by atoms with van der Waals surface area (Å²) in [5, 5.41) is 0. The Labute approximate surface area is 132 Å². The zero-order valence-corrected chi connectivity index (χ0v) is 12.9. The van der Waals surface area contributed by atoms with Gasteiger partial charge in [-0.2, -0.15) is 0 Å². The second-order valence-electron chi connectivity index (χ2n) is 6.31. The molecule has 1 saturated heterocycles. The van der Waals surface area contributed by atoms with Crippen molar-refractivity contribution >= 4 is 11.7 Å². The highest BCUT2D eigenvalue weighted by Crippen LogP contribution is 2.26. The first kappa shape index (κ1) is 15.0. The van der Waals surface area contributed by atoms with Gasteiger partial charge < -0.3 is 4.90 Å². The number of hydrogen-bond donors (Lipinski definition) is 0. The molecule has 1 aromatic rings. The molecule has 1 aliphatic carbocycles. The van der Waals surface area contributed by atoms with E-state index in [9.17, 15) is 9.59 Å². The molecule has 1 fully saturated rings. The van der Waals surface area contributed by atoms with Crippen molar-refractivity contribution in [2.75, 3.05) is 13.1 Å². The average molecular weight is 297 g/mol. The number of rotatable bonds is 3. The number of piperidine rings is 1. The van der Waals surface area contributed by atoms with Gasteiger partial charge in [-0.3, -0.25) is 9.59 Å². The number of carbonyl (C=O) groups excluding carboxylic acids is 2. The highest BCUT2D eigenvalue weighted by molar-refractivity contribution is 5.98. The lowest BCUT2D eigenvalue weighted by Crippen LogP contribution is -2.43. The first-order chi connectivity index (χ1) is 10.8. The first-order valence-electron chi connectivity index (χ1n) is 8.29. The van der Waals surface area contributed by atoms with Gasteiger partial charge in [0.15, 0.2) is 5.78 Å². The molecule has 1 heterocycles. The second kappa shape index (κ2) is 6.91. The number of allylic oxidation sites excluding steroid dienone is 2. The van der Waals surface area contributed by atoms with Crippen LogP contribution in [0.2, 0.25) is 0 Å². The fourth-order valence-electron chi connectivity index (χ4n) is 3.48. The van der Waals surface area contributed by atoms with Crippen LogP contribution < -0.4 is 0 Å². The van der Waals surface area contributed by atoms with E-state index in [-0.39, 0.29) is 23.5 Å². The smallest absolute Gasteiger partial charge is 0.226 e. The third kappa shape index (κ3) is 3.29. The van der Waals surface area contributed by atoms with Crippen molar-refractivity contribution in [2.45, 2.75) is 32.1 Å². The predicted molar refractivity (Wildman–Crippen MR) is 86.6 cm³/mol. The summed E-state index contributed by atoms with van der Waals surface area (Å²) in [4.78, 5) is 26.9. The lowest BCUT2D eigenvalue weighted by Gasteiger charge is -2.34. The minimum atomic E-state index is 0.0673. The van der Waals surface area contributed by atoms with Crippen LogP contribution in [0.4, 0.5) is 0 Å². The zero-order valence-electron chi connectivity index (χ0n) is 12.9. The van der Waals surface area contributed by atoms with E-state index in [2.05, 4.69) is 12.2 Å². The standard InChI is InChI=1S/C19H23NO2/c21-18(15-7-3-1-4-8-15)16-11-13-20(14-12-16)19(22)17-9-5-2-6-10-17/h1-5,7-8,16-17H,6,9-14H2/t17-/m0/s1. The van der Waals surface area contributed by atoms with Crippen LogP contribution in [0.15, 0.2) is 42.5 Å². The molecular formula is C19H23NO2. The molecule has 3 rings (SSSR count). The molecule has 22 heavy (non-hydrogen) atoms. The summed E-state index contributed by atoms with van der Waals surface area (Å²) in [6.07, 6.45) is 8.73. The number of Topliss-reactive ketones (excluding diaryl/α,β-unsaturated/α-hetero) is 1. The van der Waals surface area contributed by atoms with Gasteiger partial charge >= 0.3 is 0 Å². The minimum absolute atomic E-state index is 0.0673. The van der Waals surface area contributed by atoms with Gasteiger partial charge in [-0.15, -0.1) is 0 Å². The molecule has 116 valence electrons. The molecule has 0 unspecified atom stereocenters. The number of carbonyl (C=O) groups is 2. The Balaban J connectivity index is 1.55. The maximum Gasteiger partial charge on any atom is 0.226 e. The Morgan fingerprint density at radius 2 is 1.64 bits per heavy atom. The average Bonchev–Trinajstić information content (AvgIpc) is 2.62. The Morgan fingerprint density at radius 1 is 0.909 bits per heavy atom. The fourth-order valence-corrected chi connectivity index (χ4v) is 3.48. The molecule has 1 atom stereocenters. The Bertz CT molecular complexity index is 556. The molecule has 1 amide bonds. The summed E-state index contributed by atoms with van der Waals surface area (Å²) >= 11 is 0. The number of amides is 1. The number of nitrogens with zero attached hydrogens (tertiary/aromatic N) is 1. The molecule has 2 aliphatic rings. The summed E-state index contributed by atoms with van der Waals surface area (Å²) in [5.74, 6) is 0.743. The second-order valence-corrected chi connectivity index (χ2v) is 6.31. The molecule has 1 aliphatic heterocycles. The molecule has 0 N–H and O–H groups in total. The van der Waals surface area contributed by atoms with Gasteiger partial charge in [0.25, 0.3) is 0 Å². The fraction of sp³-hybridized carbons (Fsp3) is 0.474. The van der Waals surface area contributed by atoms with E-state index in [0.717, 1.165) is 50.8 Å². The monoisotopic (exact) mass is 297 g/mol. The van der Waals surface area contributed by atoms with E-state index in [4.69, 9.17) is 0 Å². The predicted octanol–water partition coefficient (Wildman–Crippen LogP) is 3.46. The van der Waals surface area contributed by atoms with Gasteiger partial charge in [0.2, 0.25) is 5.91 Å². The highest BCUT2D eigenvalue weighted by Gasteiger charge is 2.30. The maximum atomic E-state index is 12.5. The van der Waals surface area contributed by atoms with E-state index in [0.29, 0.717) is 0 Å². The van der Waals surface area contributed by atoms with Crippen LogP contribution in [0.5, 0.6) is 0 Å². The number of hydrogen-bond acceptors (Lipinski definition) is 2. The Kier molecular flexibility index (Phi) is 4.71. The summed E-state index contributed by atoms with van der Waals surface area (Å²) in [6.45, 7) is 1.45. The van der Waals surface area contributed by atoms with Crippen LogP contribution >= 0.6 is 0 Å². The van der Waals surface area contributed by atoms with Crippen LogP contribution in [-0.2, 0) is 4.79 Å². The number of likely N-dealkylation sites (tertiary alicyclic amines) is 1. The molecule has 0 saturated carbocycles. The van der Waals surface area contributed by atoms with Crippen molar-refractivity contribution in [1.82, 2.24) is 4.90 Å². The largest absolute Gasteiger partial charge is 0.342 e. The Morgan fingerprint density at radius 3 is 2.27 bits per heavy atom. The molecule has 0 bridgehead atoms.